The van der Waals surface area contributed by atoms with E-state index in [-0.39, 0.29) is 24.6 Å². The Labute approximate surface area is 123 Å². The van der Waals surface area contributed by atoms with Gasteiger partial charge in [0, 0.05) is 19.4 Å². The van der Waals surface area contributed by atoms with Gasteiger partial charge in [-0.2, -0.15) is 0 Å². The van der Waals surface area contributed by atoms with Crippen LogP contribution < -0.4 is 14.8 Å². The zero-order chi connectivity index (χ0) is 14.8. The SMILES string of the molecule is CNC(CN1C(=O)CCCC1=O)c1ccc2c(c1)OCO2. The van der Waals surface area contributed by atoms with Gasteiger partial charge in [0.15, 0.2) is 11.5 Å². The molecule has 1 atom stereocenters. The van der Waals surface area contributed by atoms with Crippen molar-refractivity contribution in [3.05, 3.63) is 23.8 Å². The van der Waals surface area contributed by atoms with Gasteiger partial charge in [-0.1, -0.05) is 6.07 Å². The van der Waals surface area contributed by atoms with Gasteiger partial charge in [0.2, 0.25) is 18.6 Å². The Morgan fingerprint density at radius 2 is 1.90 bits per heavy atom. The molecule has 1 N–H and O–H groups in total. The molecule has 2 aliphatic heterocycles. The number of fused-ring (bicyclic) bond motifs is 1. The predicted molar refractivity (Wildman–Crippen MR) is 74.9 cm³/mol. The lowest BCUT2D eigenvalue weighted by molar-refractivity contribution is -0.148. The smallest absolute Gasteiger partial charge is 0.231 e. The number of nitrogens with zero attached hydrogens (tertiary/aromatic N) is 1. The molecule has 6 heteroatoms. The number of carbonyl (C=O) groups excluding carboxylic acids is 2. The first-order valence-electron chi connectivity index (χ1n) is 7.09. The number of likely N-dealkylation sites (tertiary alicyclic amines) is 1. The third-order valence-corrected chi connectivity index (χ3v) is 3.90. The van der Waals surface area contributed by atoms with Crippen LogP contribution in [0.25, 0.3) is 0 Å². The van der Waals surface area contributed by atoms with Crippen LogP contribution in [0.5, 0.6) is 11.5 Å². The number of nitrogens with one attached hydrogen (secondary N) is 1. The van der Waals surface area contributed by atoms with Crippen molar-refractivity contribution in [1.29, 1.82) is 0 Å². The van der Waals surface area contributed by atoms with E-state index >= 15 is 0 Å². The van der Waals surface area contributed by atoms with Crippen molar-refractivity contribution < 1.29 is 19.1 Å². The number of carbonyl (C=O) groups is 2. The van der Waals surface area contributed by atoms with Crippen LogP contribution in [0.3, 0.4) is 0 Å². The number of hydrogen-bond donors (Lipinski definition) is 1. The lowest BCUT2D eigenvalue weighted by Crippen LogP contribution is -2.44. The fraction of sp³-hybridized carbons (Fsp3) is 0.467. The Hall–Kier alpha value is -2.08. The zero-order valence-corrected chi connectivity index (χ0v) is 11.9. The molecule has 2 amide bonds. The predicted octanol–water partition coefficient (Wildman–Crippen LogP) is 1.21. The van der Waals surface area contributed by atoms with Crippen molar-refractivity contribution >= 4 is 11.8 Å². The van der Waals surface area contributed by atoms with Crippen LogP contribution in [0.4, 0.5) is 0 Å². The minimum Gasteiger partial charge on any atom is -0.454 e. The molecule has 0 bridgehead atoms. The summed E-state index contributed by atoms with van der Waals surface area (Å²) in [6, 6.07) is 5.54. The highest BCUT2D eigenvalue weighted by Gasteiger charge is 2.28. The first kappa shape index (κ1) is 13.9. The summed E-state index contributed by atoms with van der Waals surface area (Å²) in [5.41, 5.74) is 0.966. The third-order valence-electron chi connectivity index (χ3n) is 3.90. The second-order valence-electron chi connectivity index (χ2n) is 5.21. The molecular formula is C15H18N2O4. The van der Waals surface area contributed by atoms with Crippen molar-refractivity contribution in [1.82, 2.24) is 10.2 Å². The maximum Gasteiger partial charge on any atom is 0.231 e. The minimum absolute atomic E-state index is 0.0905. The Morgan fingerprint density at radius 1 is 1.19 bits per heavy atom. The van der Waals surface area contributed by atoms with E-state index in [1.807, 2.05) is 25.2 Å². The van der Waals surface area contributed by atoms with E-state index < -0.39 is 0 Å². The summed E-state index contributed by atoms with van der Waals surface area (Å²) in [5, 5.41) is 3.16. The van der Waals surface area contributed by atoms with E-state index in [4.69, 9.17) is 9.47 Å². The van der Waals surface area contributed by atoms with Crippen LogP contribution >= 0.6 is 0 Å². The molecule has 0 radical (unpaired) electrons. The molecule has 0 spiro atoms. The van der Waals surface area contributed by atoms with Gasteiger partial charge >= 0.3 is 0 Å². The summed E-state index contributed by atoms with van der Waals surface area (Å²) in [6.45, 7) is 0.569. The molecule has 1 aromatic carbocycles. The Balaban J connectivity index is 1.78. The first-order chi connectivity index (χ1) is 10.2. The molecule has 2 aliphatic rings. The number of rotatable bonds is 4. The van der Waals surface area contributed by atoms with Gasteiger partial charge in [0.05, 0.1) is 6.04 Å². The molecule has 112 valence electrons. The van der Waals surface area contributed by atoms with Crippen LogP contribution in [0.2, 0.25) is 0 Å². The monoisotopic (exact) mass is 290 g/mol. The number of ether oxygens (including phenoxy) is 2. The van der Waals surface area contributed by atoms with Gasteiger partial charge < -0.3 is 14.8 Å². The largest absolute Gasteiger partial charge is 0.454 e. The quantitative estimate of drug-likeness (QED) is 0.844. The van der Waals surface area contributed by atoms with E-state index in [1.54, 1.807) is 0 Å². The standard InChI is InChI=1S/C15H18N2O4/c1-16-11(8-17-14(18)3-2-4-15(17)19)10-5-6-12-13(7-10)21-9-20-12/h5-7,11,16H,2-4,8-9H2,1H3. The van der Waals surface area contributed by atoms with Crippen molar-refractivity contribution in [3.63, 3.8) is 0 Å². The molecule has 1 unspecified atom stereocenters. The molecule has 0 aliphatic carbocycles. The third kappa shape index (κ3) is 2.71. The molecule has 2 heterocycles. The van der Waals surface area contributed by atoms with Crippen molar-refractivity contribution in [2.75, 3.05) is 20.4 Å². The molecule has 0 aromatic heterocycles. The Kier molecular flexibility index (Phi) is 3.79. The van der Waals surface area contributed by atoms with Gasteiger partial charge in [0.25, 0.3) is 0 Å². The molecular weight excluding hydrogens is 272 g/mol. The molecule has 21 heavy (non-hydrogen) atoms. The molecule has 3 rings (SSSR count). The number of likely N-dealkylation sites (N-methyl/N-ethyl adjacent to an activating group) is 1. The topological polar surface area (TPSA) is 67.9 Å². The summed E-state index contributed by atoms with van der Waals surface area (Å²) in [5.74, 6) is 1.24. The highest BCUT2D eigenvalue weighted by Crippen LogP contribution is 2.34. The van der Waals surface area contributed by atoms with E-state index in [9.17, 15) is 9.59 Å². The highest BCUT2D eigenvalue weighted by molar-refractivity contribution is 5.97. The van der Waals surface area contributed by atoms with Crippen molar-refractivity contribution in [3.8, 4) is 11.5 Å². The minimum atomic E-state index is -0.120. The Bertz CT molecular complexity index is 557. The second kappa shape index (κ2) is 5.73. The van der Waals surface area contributed by atoms with E-state index in [2.05, 4.69) is 5.32 Å². The lowest BCUT2D eigenvalue weighted by Gasteiger charge is -2.29. The summed E-state index contributed by atoms with van der Waals surface area (Å²) in [6.07, 6.45) is 1.55. The summed E-state index contributed by atoms with van der Waals surface area (Å²) >= 11 is 0. The molecule has 1 aromatic rings. The van der Waals surface area contributed by atoms with Gasteiger partial charge in [-0.15, -0.1) is 0 Å². The van der Waals surface area contributed by atoms with Crippen LogP contribution in [0.15, 0.2) is 18.2 Å². The number of piperidine rings is 1. The number of hydrogen-bond acceptors (Lipinski definition) is 5. The van der Waals surface area contributed by atoms with Gasteiger partial charge in [0.1, 0.15) is 0 Å². The van der Waals surface area contributed by atoms with E-state index in [0.717, 1.165) is 11.3 Å². The summed E-state index contributed by atoms with van der Waals surface area (Å²) in [4.78, 5) is 25.2. The van der Waals surface area contributed by atoms with Crippen LogP contribution in [0, 0.1) is 0 Å². The average molecular weight is 290 g/mol. The summed E-state index contributed by atoms with van der Waals surface area (Å²) in [7, 11) is 1.81. The fourth-order valence-corrected chi connectivity index (χ4v) is 2.68. The van der Waals surface area contributed by atoms with Gasteiger partial charge in [-0.05, 0) is 31.2 Å². The number of amides is 2. The maximum atomic E-state index is 11.9. The molecule has 6 nitrogen and oxygen atoms in total. The lowest BCUT2D eigenvalue weighted by atomic mass is 10.0. The van der Waals surface area contributed by atoms with E-state index in [1.165, 1.54) is 4.90 Å². The number of imide groups is 1. The zero-order valence-electron chi connectivity index (χ0n) is 11.9. The highest BCUT2D eigenvalue weighted by atomic mass is 16.7. The Morgan fingerprint density at radius 3 is 2.62 bits per heavy atom. The van der Waals surface area contributed by atoms with E-state index in [0.29, 0.717) is 31.6 Å². The van der Waals surface area contributed by atoms with Crippen LogP contribution in [-0.4, -0.2) is 37.1 Å². The summed E-state index contributed by atoms with van der Waals surface area (Å²) < 4.78 is 10.7. The second-order valence-corrected chi connectivity index (χ2v) is 5.21. The maximum absolute atomic E-state index is 11.9. The van der Waals surface area contributed by atoms with Gasteiger partial charge in [-0.3, -0.25) is 14.5 Å². The average Bonchev–Trinajstić information content (AvgIpc) is 2.94. The number of benzene rings is 1. The van der Waals surface area contributed by atoms with Crippen molar-refractivity contribution in [2.45, 2.75) is 25.3 Å². The fourth-order valence-electron chi connectivity index (χ4n) is 2.68. The van der Waals surface area contributed by atoms with Crippen LogP contribution in [0.1, 0.15) is 30.9 Å². The molecule has 0 saturated carbocycles. The van der Waals surface area contributed by atoms with Gasteiger partial charge in [-0.25, -0.2) is 0 Å². The van der Waals surface area contributed by atoms with Crippen molar-refractivity contribution in [2.24, 2.45) is 0 Å². The van der Waals surface area contributed by atoms with Crippen LogP contribution in [-0.2, 0) is 9.59 Å². The molecule has 1 saturated heterocycles. The normalized spacial score (nSPS) is 19.0. The first-order valence-corrected chi connectivity index (χ1v) is 7.09. The molecule has 1 fully saturated rings.